The van der Waals surface area contributed by atoms with Gasteiger partial charge < -0.3 is 5.11 Å². The Balaban J connectivity index is 2.27. The standard InChI is InChI=1S/C11H18N2O/c1-10(2)4-5-11(14,8-10)9-6-12-13(3)7-9/h6-7,14H,4-5,8H2,1-3H3. The predicted molar refractivity (Wildman–Crippen MR) is 54.7 cm³/mol. The van der Waals surface area contributed by atoms with Crippen LogP contribution in [0, 0.1) is 5.41 Å². The third kappa shape index (κ3) is 1.57. The van der Waals surface area contributed by atoms with E-state index >= 15 is 0 Å². The largest absolute Gasteiger partial charge is 0.385 e. The molecule has 3 nitrogen and oxygen atoms in total. The van der Waals surface area contributed by atoms with Crippen LogP contribution in [0.15, 0.2) is 12.4 Å². The van der Waals surface area contributed by atoms with E-state index in [9.17, 15) is 5.11 Å². The van der Waals surface area contributed by atoms with E-state index in [4.69, 9.17) is 0 Å². The lowest BCUT2D eigenvalue weighted by Crippen LogP contribution is -2.22. The van der Waals surface area contributed by atoms with Gasteiger partial charge in [0.25, 0.3) is 0 Å². The Bertz CT molecular complexity index is 343. The van der Waals surface area contributed by atoms with Crippen molar-refractivity contribution in [3.8, 4) is 0 Å². The highest BCUT2D eigenvalue weighted by Gasteiger charge is 2.43. The molecule has 1 atom stereocenters. The van der Waals surface area contributed by atoms with Gasteiger partial charge in [-0.1, -0.05) is 13.8 Å². The molecule has 0 spiro atoms. The van der Waals surface area contributed by atoms with Crippen LogP contribution in [0.4, 0.5) is 0 Å². The topological polar surface area (TPSA) is 38.0 Å². The summed E-state index contributed by atoms with van der Waals surface area (Å²) in [6, 6.07) is 0. The van der Waals surface area contributed by atoms with Gasteiger partial charge in [0.2, 0.25) is 0 Å². The van der Waals surface area contributed by atoms with E-state index < -0.39 is 5.60 Å². The van der Waals surface area contributed by atoms with Crippen LogP contribution in [0.3, 0.4) is 0 Å². The monoisotopic (exact) mass is 194 g/mol. The fraction of sp³-hybridized carbons (Fsp3) is 0.727. The molecule has 0 amide bonds. The maximum Gasteiger partial charge on any atom is 0.0932 e. The van der Waals surface area contributed by atoms with E-state index in [0.29, 0.717) is 0 Å². The third-order valence-electron chi connectivity index (χ3n) is 3.23. The van der Waals surface area contributed by atoms with Crippen molar-refractivity contribution in [3.05, 3.63) is 18.0 Å². The second-order valence-corrected chi connectivity index (χ2v) is 5.28. The molecule has 1 N–H and O–H groups in total. The first kappa shape index (κ1) is 9.71. The summed E-state index contributed by atoms with van der Waals surface area (Å²) in [5.41, 5.74) is 0.577. The molecule has 0 aromatic carbocycles. The van der Waals surface area contributed by atoms with Crippen molar-refractivity contribution in [2.75, 3.05) is 0 Å². The molecule has 1 aromatic rings. The lowest BCUT2D eigenvalue weighted by atomic mass is 9.87. The van der Waals surface area contributed by atoms with Crippen molar-refractivity contribution >= 4 is 0 Å². The molecule has 1 aliphatic rings. The predicted octanol–water partition coefficient (Wildman–Crippen LogP) is 1.82. The van der Waals surface area contributed by atoms with Crippen molar-refractivity contribution in [1.82, 2.24) is 9.78 Å². The average molecular weight is 194 g/mol. The van der Waals surface area contributed by atoms with Gasteiger partial charge >= 0.3 is 0 Å². The second-order valence-electron chi connectivity index (χ2n) is 5.28. The van der Waals surface area contributed by atoms with E-state index in [1.54, 1.807) is 10.9 Å². The van der Waals surface area contributed by atoms with Gasteiger partial charge in [-0.25, -0.2) is 0 Å². The van der Waals surface area contributed by atoms with Crippen LogP contribution in [-0.2, 0) is 12.6 Å². The summed E-state index contributed by atoms with van der Waals surface area (Å²) >= 11 is 0. The average Bonchev–Trinajstić information content (AvgIpc) is 2.57. The van der Waals surface area contributed by atoms with Gasteiger partial charge in [0.15, 0.2) is 0 Å². The lowest BCUT2D eigenvalue weighted by Gasteiger charge is -2.23. The van der Waals surface area contributed by atoms with Gasteiger partial charge in [0, 0.05) is 18.8 Å². The molecule has 0 radical (unpaired) electrons. The van der Waals surface area contributed by atoms with Crippen molar-refractivity contribution in [2.24, 2.45) is 12.5 Å². The number of hydrogen-bond donors (Lipinski definition) is 1. The van der Waals surface area contributed by atoms with E-state index in [-0.39, 0.29) is 5.41 Å². The molecular weight excluding hydrogens is 176 g/mol. The second kappa shape index (κ2) is 2.83. The summed E-state index contributed by atoms with van der Waals surface area (Å²) in [5, 5.41) is 14.6. The Morgan fingerprint density at radius 1 is 1.43 bits per heavy atom. The Morgan fingerprint density at radius 2 is 2.14 bits per heavy atom. The molecule has 1 aromatic heterocycles. The summed E-state index contributed by atoms with van der Waals surface area (Å²) in [6.07, 6.45) is 6.47. The van der Waals surface area contributed by atoms with Crippen LogP contribution in [-0.4, -0.2) is 14.9 Å². The Labute approximate surface area is 84.7 Å². The molecule has 2 rings (SSSR count). The first-order valence-electron chi connectivity index (χ1n) is 5.13. The van der Waals surface area contributed by atoms with Crippen molar-refractivity contribution in [3.63, 3.8) is 0 Å². The zero-order chi connectivity index (χ0) is 10.4. The first-order valence-corrected chi connectivity index (χ1v) is 5.13. The molecule has 1 saturated carbocycles. The Hall–Kier alpha value is -0.830. The minimum atomic E-state index is -0.641. The van der Waals surface area contributed by atoms with Gasteiger partial charge in [-0.05, 0) is 24.7 Å². The van der Waals surface area contributed by atoms with Crippen LogP contribution < -0.4 is 0 Å². The van der Waals surface area contributed by atoms with Crippen LogP contribution >= 0.6 is 0 Å². The van der Waals surface area contributed by atoms with E-state index in [1.165, 1.54) is 0 Å². The SMILES string of the molecule is Cn1cc(C2(O)CCC(C)(C)C2)cn1. The molecule has 0 bridgehead atoms. The van der Waals surface area contributed by atoms with Gasteiger partial charge in [0.05, 0.1) is 11.8 Å². The van der Waals surface area contributed by atoms with Gasteiger partial charge in [-0.3, -0.25) is 4.68 Å². The number of aliphatic hydroxyl groups is 1. The van der Waals surface area contributed by atoms with Gasteiger partial charge in [-0.2, -0.15) is 5.10 Å². The van der Waals surface area contributed by atoms with Crippen LogP contribution in [0.5, 0.6) is 0 Å². The summed E-state index contributed by atoms with van der Waals surface area (Å²) in [5.74, 6) is 0. The number of nitrogens with zero attached hydrogens (tertiary/aromatic N) is 2. The van der Waals surface area contributed by atoms with Crippen molar-refractivity contribution in [2.45, 2.75) is 38.7 Å². The normalized spacial score (nSPS) is 30.9. The number of hydrogen-bond acceptors (Lipinski definition) is 2. The Kier molecular flexibility index (Phi) is 1.96. The number of rotatable bonds is 1. The zero-order valence-corrected chi connectivity index (χ0v) is 9.12. The molecule has 0 saturated heterocycles. The first-order chi connectivity index (χ1) is 6.41. The number of aryl methyl sites for hydroxylation is 1. The quantitative estimate of drug-likeness (QED) is 0.740. The molecular formula is C11H18N2O. The van der Waals surface area contributed by atoms with Crippen molar-refractivity contribution in [1.29, 1.82) is 0 Å². The maximum atomic E-state index is 10.5. The van der Waals surface area contributed by atoms with E-state index in [0.717, 1.165) is 24.8 Å². The highest BCUT2D eigenvalue weighted by molar-refractivity contribution is 5.18. The molecule has 1 unspecified atom stereocenters. The summed E-state index contributed by atoms with van der Waals surface area (Å²) < 4.78 is 1.75. The smallest absolute Gasteiger partial charge is 0.0932 e. The third-order valence-corrected chi connectivity index (χ3v) is 3.23. The zero-order valence-electron chi connectivity index (χ0n) is 9.12. The molecule has 14 heavy (non-hydrogen) atoms. The van der Waals surface area contributed by atoms with Crippen molar-refractivity contribution < 1.29 is 5.11 Å². The summed E-state index contributed by atoms with van der Waals surface area (Å²) in [6.45, 7) is 4.42. The molecule has 1 aliphatic carbocycles. The van der Waals surface area contributed by atoms with Crippen LogP contribution in [0.2, 0.25) is 0 Å². The molecule has 0 aliphatic heterocycles. The minimum absolute atomic E-state index is 0.255. The molecule has 78 valence electrons. The highest BCUT2D eigenvalue weighted by atomic mass is 16.3. The van der Waals surface area contributed by atoms with E-state index in [2.05, 4.69) is 18.9 Å². The van der Waals surface area contributed by atoms with Crippen LogP contribution in [0.25, 0.3) is 0 Å². The van der Waals surface area contributed by atoms with Gasteiger partial charge in [-0.15, -0.1) is 0 Å². The lowest BCUT2D eigenvalue weighted by molar-refractivity contribution is 0.0338. The molecule has 1 fully saturated rings. The summed E-state index contributed by atoms with van der Waals surface area (Å²) in [4.78, 5) is 0. The highest BCUT2D eigenvalue weighted by Crippen LogP contribution is 2.48. The molecule has 3 heteroatoms. The van der Waals surface area contributed by atoms with E-state index in [1.807, 2.05) is 13.2 Å². The maximum absolute atomic E-state index is 10.5. The Morgan fingerprint density at radius 3 is 2.57 bits per heavy atom. The minimum Gasteiger partial charge on any atom is -0.385 e. The summed E-state index contributed by atoms with van der Waals surface area (Å²) in [7, 11) is 1.88. The fourth-order valence-corrected chi connectivity index (χ4v) is 2.42. The fourth-order valence-electron chi connectivity index (χ4n) is 2.42. The van der Waals surface area contributed by atoms with Gasteiger partial charge in [0.1, 0.15) is 0 Å². The number of aromatic nitrogens is 2. The van der Waals surface area contributed by atoms with Crippen LogP contribution in [0.1, 0.15) is 38.7 Å². The molecule has 1 heterocycles.